The Morgan fingerprint density at radius 3 is 2.63 bits per heavy atom. The Labute approximate surface area is 119 Å². The predicted molar refractivity (Wildman–Crippen MR) is 82.5 cm³/mol. The van der Waals surface area contributed by atoms with E-state index in [0.29, 0.717) is 6.04 Å². The smallest absolute Gasteiger partial charge is 0.0610 e. The van der Waals surface area contributed by atoms with Gasteiger partial charge in [0.15, 0.2) is 0 Å². The molecule has 0 aromatic carbocycles. The van der Waals surface area contributed by atoms with Gasteiger partial charge in [-0.3, -0.25) is 0 Å². The number of aliphatic hydroxyl groups excluding tert-OH is 1. The molecular weight excluding hydrogens is 236 g/mol. The zero-order chi connectivity index (χ0) is 14.3. The molecule has 0 radical (unpaired) electrons. The maximum absolute atomic E-state index is 9.55. The molecule has 114 valence electrons. The van der Waals surface area contributed by atoms with Crippen molar-refractivity contribution in [2.75, 3.05) is 19.7 Å². The third kappa shape index (κ3) is 6.24. The maximum Gasteiger partial charge on any atom is 0.0610 e. The van der Waals surface area contributed by atoms with Crippen molar-refractivity contribution in [2.45, 2.75) is 83.8 Å². The molecule has 19 heavy (non-hydrogen) atoms. The third-order valence-electron chi connectivity index (χ3n) is 4.35. The van der Waals surface area contributed by atoms with Crippen LogP contribution in [-0.2, 0) is 0 Å². The van der Waals surface area contributed by atoms with Crippen molar-refractivity contribution in [2.24, 2.45) is 0 Å². The summed E-state index contributed by atoms with van der Waals surface area (Å²) in [4.78, 5) is 2.63. The van der Waals surface area contributed by atoms with Crippen molar-refractivity contribution < 1.29 is 5.11 Å². The zero-order valence-electron chi connectivity index (χ0n) is 13.4. The summed E-state index contributed by atoms with van der Waals surface area (Å²) in [5, 5.41) is 13.0. The highest BCUT2D eigenvalue weighted by molar-refractivity contribution is 4.84. The van der Waals surface area contributed by atoms with E-state index in [2.05, 4.69) is 37.9 Å². The molecule has 3 heteroatoms. The molecule has 2 unspecified atom stereocenters. The van der Waals surface area contributed by atoms with E-state index in [-0.39, 0.29) is 12.1 Å². The summed E-state index contributed by atoms with van der Waals surface area (Å²) < 4.78 is 0. The van der Waals surface area contributed by atoms with Crippen LogP contribution in [0.2, 0.25) is 0 Å². The third-order valence-corrected chi connectivity index (χ3v) is 4.35. The molecule has 0 spiro atoms. The molecule has 1 rings (SSSR count). The Kier molecular flexibility index (Phi) is 7.33. The molecule has 1 saturated heterocycles. The van der Waals surface area contributed by atoms with Gasteiger partial charge in [0, 0.05) is 17.6 Å². The lowest BCUT2D eigenvalue weighted by Crippen LogP contribution is -2.49. The molecule has 1 aliphatic rings. The average molecular weight is 270 g/mol. The second-order valence-electron chi connectivity index (χ2n) is 6.86. The summed E-state index contributed by atoms with van der Waals surface area (Å²) in [5.74, 6) is 0. The highest BCUT2D eigenvalue weighted by Crippen LogP contribution is 2.19. The molecule has 1 heterocycles. The van der Waals surface area contributed by atoms with Crippen LogP contribution in [0, 0.1) is 0 Å². The lowest BCUT2D eigenvalue weighted by atomic mass is 9.94. The first-order chi connectivity index (χ1) is 8.97. The molecule has 0 aromatic heterocycles. The number of hydrogen-bond acceptors (Lipinski definition) is 3. The minimum absolute atomic E-state index is 0.109. The number of unbranched alkanes of at least 4 members (excludes halogenated alkanes) is 1. The summed E-state index contributed by atoms with van der Waals surface area (Å²) in [6.45, 7) is 11.5. The van der Waals surface area contributed by atoms with Crippen LogP contribution in [0.5, 0.6) is 0 Å². The van der Waals surface area contributed by atoms with Crippen molar-refractivity contribution in [1.29, 1.82) is 0 Å². The van der Waals surface area contributed by atoms with Gasteiger partial charge in [0.2, 0.25) is 0 Å². The van der Waals surface area contributed by atoms with Crippen LogP contribution in [0.3, 0.4) is 0 Å². The van der Waals surface area contributed by atoms with Crippen LogP contribution in [0.25, 0.3) is 0 Å². The Morgan fingerprint density at radius 2 is 2.05 bits per heavy atom. The molecule has 0 saturated carbocycles. The Balaban J connectivity index is 2.21. The molecular formula is C16H34N2O. The average Bonchev–Trinajstić information content (AvgIpc) is 2.36. The summed E-state index contributed by atoms with van der Waals surface area (Å²) in [6.07, 6.45) is 7.64. The Morgan fingerprint density at radius 1 is 1.32 bits per heavy atom. The number of piperidine rings is 1. The first-order valence-corrected chi connectivity index (χ1v) is 8.09. The van der Waals surface area contributed by atoms with Gasteiger partial charge in [0.25, 0.3) is 0 Å². The van der Waals surface area contributed by atoms with Crippen LogP contribution >= 0.6 is 0 Å². The van der Waals surface area contributed by atoms with Gasteiger partial charge in [-0.15, -0.1) is 0 Å². The minimum Gasteiger partial charge on any atom is -0.394 e. The minimum atomic E-state index is -0.109. The first-order valence-electron chi connectivity index (χ1n) is 8.09. The second kappa shape index (κ2) is 8.23. The van der Waals surface area contributed by atoms with Crippen LogP contribution in [0.15, 0.2) is 0 Å². The number of nitrogens with one attached hydrogen (secondary N) is 1. The lowest BCUT2D eigenvalue weighted by Gasteiger charge is -2.34. The van der Waals surface area contributed by atoms with Gasteiger partial charge >= 0.3 is 0 Å². The van der Waals surface area contributed by atoms with Crippen LogP contribution in [0.4, 0.5) is 0 Å². The van der Waals surface area contributed by atoms with Gasteiger partial charge in [-0.1, -0.05) is 26.7 Å². The molecule has 1 aliphatic heterocycles. The van der Waals surface area contributed by atoms with E-state index in [1.54, 1.807) is 0 Å². The number of hydrogen-bond donors (Lipinski definition) is 2. The fraction of sp³-hybridized carbons (Fsp3) is 1.00. The first kappa shape index (κ1) is 16.9. The van der Waals surface area contributed by atoms with Crippen LogP contribution < -0.4 is 5.32 Å². The number of rotatable bonds is 8. The molecule has 1 fully saturated rings. The molecule has 2 atom stereocenters. The van der Waals surface area contributed by atoms with Gasteiger partial charge in [-0.25, -0.2) is 0 Å². The van der Waals surface area contributed by atoms with E-state index < -0.39 is 0 Å². The molecule has 0 aromatic rings. The molecule has 2 N–H and O–H groups in total. The van der Waals surface area contributed by atoms with Crippen molar-refractivity contribution in [1.82, 2.24) is 10.2 Å². The largest absolute Gasteiger partial charge is 0.394 e. The summed E-state index contributed by atoms with van der Waals surface area (Å²) in [7, 11) is 0. The highest BCUT2D eigenvalue weighted by Gasteiger charge is 2.23. The maximum atomic E-state index is 9.55. The van der Waals surface area contributed by atoms with Crippen LogP contribution in [0.1, 0.15) is 66.2 Å². The molecule has 0 bridgehead atoms. The lowest BCUT2D eigenvalue weighted by molar-refractivity contribution is 0.140. The van der Waals surface area contributed by atoms with E-state index in [4.69, 9.17) is 0 Å². The van der Waals surface area contributed by atoms with Crippen molar-refractivity contribution in [3.8, 4) is 0 Å². The highest BCUT2D eigenvalue weighted by atomic mass is 16.3. The second-order valence-corrected chi connectivity index (χ2v) is 6.86. The number of aliphatic hydroxyl groups is 1. The van der Waals surface area contributed by atoms with E-state index in [0.717, 1.165) is 12.5 Å². The normalized spacial score (nSPS) is 24.6. The predicted octanol–water partition coefficient (Wildman–Crippen LogP) is 2.78. The quantitative estimate of drug-likeness (QED) is 0.666. The van der Waals surface area contributed by atoms with Crippen molar-refractivity contribution in [3.05, 3.63) is 0 Å². The van der Waals surface area contributed by atoms with Gasteiger partial charge < -0.3 is 15.3 Å². The van der Waals surface area contributed by atoms with Crippen molar-refractivity contribution >= 4 is 0 Å². The van der Waals surface area contributed by atoms with Gasteiger partial charge in [-0.05, 0) is 52.6 Å². The Bertz CT molecular complexity index is 245. The zero-order valence-corrected chi connectivity index (χ0v) is 13.4. The summed E-state index contributed by atoms with van der Waals surface area (Å²) in [5.41, 5.74) is -0.109. The van der Waals surface area contributed by atoms with Crippen LogP contribution in [-0.4, -0.2) is 47.3 Å². The molecule has 3 nitrogen and oxygen atoms in total. The van der Waals surface area contributed by atoms with Gasteiger partial charge in [-0.2, -0.15) is 0 Å². The Hall–Kier alpha value is -0.120. The van der Waals surface area contributed by atoms with Gasteiger partial charge in [0.05, 0.1) is 6.61 Å². The van der Waals surface area contributed by atoms with Crippen molar-refractivity contribution in [3.63, 3.8) is 0 Å². The fourth-order valence-electron chi connectivity index (χ4n) is 3.21. The topological polar surface area (TPSA) is 35.5 Å². The van der Waals surface area contributed by atoms with E-state index in [9.17, 15) is 5.11 Å². The van der Waals surface area contributed by atoms with Gasteiger partial charge in [0.1, 0.15) is 0 Å². The van der Waals surface area contributed by atoms with E-state index >= 15 is 0 Å². The monoisotopic (exact) mass is 270 g/mol. The standard InChI is InChI=1S/C16H34N2O/c1-14(2)17-16(4,13-19)10-6-8-12-18-11-7-5-9-15(18)3/h14-15,17,19H,5-13H2,1-4H3. The summed E-state index contributed by atoms with van der Waals surface area (Å²) in [6, 6.07) is 1.20. The summed E-state index contributed by atoms with van der Waals surface area (Å²) >= 11 is 0. The SMILES string of the molecule is CC(C)NC(C)(CO)CCCCN1CCCCC1C. The number of likely N-dealkylation sites (tertiary alicyclic amines) is 1. The van der Waals surface area contributed by atoms with E-state index in [1.807, 2.05) is 0 Å². The van der Waals surface area contributed by atoms with E-state index in [1.165, 1.54) is 45.2 Å². The molecule has 0 amide bonds. The number of nitrogens with zero attached hydrogens (tertiary/aromatic N) is 1. The fourth-order valence-corrected chi connectivity index (χ4v) is 3.21. The molecule has 0 aliphatic carbocycles.